The maximum Gasteiger partial charge on any atom is 0.239 e. The second kappa shape index (κ2) is 4.84. The van der Waals surface area contributed by atoms with E-state index in [1.807, 2.05) is 0 Å². The van der Waals surface area contributed by atoms with Gasteiger partial charge in [0, 0.05) is 18.6 Å². The van der Waals surface area contributed by atoms with Crippen LogP contribution < -0.4 is 5.32 Å². The second-order valence-corrected chi connectivity index (χ2v) is 6.64. The van der Waals surface area contributed by atoms with Crippen LogP contribution in [0, 0.1) is 11.8 Å². The van der Waals surface area contributed by atoms with Gasteiger partial charge in [0.1, 0.15) is 0 Å². The summed E-state index contributed by atoms with van der Waals surface area (Å²) in [6.07, 6.45) is 7.56. The normalized spacial score (nSPS) is 44.1. The van der Waals surface area contributed by atoms with Gasteiger partial charge in [0.05, 0.1) is 6.04 Å². The molecule has 2 saturated heterocycles. The molecule has 1 saturated carbocycles. The molecule has 2 heterocycles. The van der Waals surface area contributed by atoms with E-state index in [0.717, 1.165) is 18.9 Å². The summed E-state index contributed by atoms with van der Waals surface area (Å²) in [5.41, 5.74) is 0. The quantitative estimate of drug-likeness (QED) is 0.773. The lowest BCUT2D eigenvalue weighted by Gasteiger charge is -2.27. The molecule has 0 aromatic carbocycles. The summed E-state index contributed by atoms with van der Waals surface area (Å²) in [6.45, 7) is 5.44. The molecule has 0 aromatic rings. The van der Waals surface area contributed by atoms with Crippen LogP contribution in [0.2, 0.25) is 0 Å². The number of carbonyl (C=O) groups excluding carboxylic acids is 1. The van der Waals surface area contributed by atoms with Crippen molar-refractivity contribution < 1.29 is 4.79 Å². The molecule has 2 aliphatic heterocycles. The lowest BCUT2D eigenvalue weighted by Crippen LogP contribution is -2.47. The van der Waals surface area contributed by atoms with Gasteiger partial charge in [-0.15, -0.1) is 0 Å². The smallest absolute Gasteiger partial charge is 0.239 e. The lowest BCUT2D eigenvalue weighted by molar-refractivity contribution is -0.134. The van der Waals surface area contributed by atoms with E-state index in [4.69, 9.17) is 0 Å². The van der Waals surface area contributed by atoms with Crippen molar-refractivity contribution in [2.24, 2.45) is 11.8 Å². The number of nitrogens with one attached hydrogen (secondary N) is 1. The molecule has 0 aromatic heterocycles. The molecule has 3 fully saturated rings. The SMILES string of the molecule is C[C@@H]1CCN(C(=O)[C@@H]2C[C@@H]3CCCC[C@@H]3N2)[C@@H]1C. The van der Waals surface area contributed by atoms with Gasteiger partial charge in [-0.3, -0.25) is 4.79 Å². The van der Waals surface area contributed by atoms with E-state index >= 15 is 0 Å². The fraction of sp³-hybridized carbons (Fsp3) is 0.933. The highest BCUT2D eigenvalue weighted by Crippen LogP contribution is 2.34. The van der Waals surface area contributed by atoms with E-state index in [1.54, 1.807) is 0 Å². The molecule has 1 N–H and O–H groups in total. The Bertz CT molecular complexity index is 316. The van der Waals surface area contributed by atoms with Crippen molar-refractivity contribution in [1.29, 1.82) is 0 Å². The summed E-state index contributed by atoms with van der Waals surface area (Å²) in [6, 6.07) is 1.18. The molecular formula is C15H26N2O. The summed E-state index contributed by atoms with van der Waals surface area (Å²) >= 11 is 0. The molecule has 3 aliphatic rings. The van der Waals surface area contributed by atoms with Gasteiger partial charge >= 0.3 is 0 Å². The Labute approximate surface area is 110 Å². The summed E-state index contributed by atoms with van der Waals surface area (Å²) in [4.78, 5) is 14.7. The maximum atomic E-state index is 12.6. The summed E-state index contributed by atoms with van der Waals surface area (Å²) < 4.78 is 0. The highest BCUT2D eigenvalue weighted by Gasteiger charge is 2.42. The van der Waals surface area contributed by atoms with Gasteiger partial charge < -0.3 is 10.2 Å². The zero-order valence-electron chi connectivity index (χ0n) is 11.7. The van der Waals surface area contributed by atoms with Crippen molar-refractivity contribution in [3.63, 3.8) is 0 Å². The highest BCUT2D eigenvalue weighted by atomic mass is 16.2. The minimum absolute atomic E-state index is 0.117. The average molecular weight is 250 g/mol. The van der Waals surface area contributed by atoms with Crippen molar-refractivity contribution in [3.8, 4) is 0 Å². The predicted octanol–water partition coefficient (Wildman–Crippen LogP) is 2.16. The zero-order valence-corrected chi connectivity index (χ0v) is 11.7. The molecule has 5 atom stereocenters. The number of likely N-dealkylation sites (tertiary alicyclic amines) is 1. The first-order chi connectivity index (χ1) is 8.66. The molecule has 102 valence electrons. The van der Waals surface area contributed by atoms with Crippen molar-refractivity contribution in [2.75, 3.05) is 6.54 Å². The van der Waals surface area contributed by atoms with E-state index in [9.17, 15) is 4.79 Å². The van der Waals surface area contributed by atoms with Crippen LogP contribution in [0.3, 0.4) is 0 Å². The summed E-state index contributed by atoms with van der Waals surface area (Å²) in [5, 5.41) is 3.61. The Kier molecular flexibility index (Phi) is 3.35. The fourth-order valence-corrected chi connectivity index (χ4v) is 4.12. The standard InChI is InChI=1S/C15H26N2O/c1-10-7-8-17(11(10)2)15(18)14-9-12-5-3-4-6-13(12)16-14/h10-14,16H,3-9H2,1-2H3/t10-,11-,12+,13+,14+/m1/s1. The lowest BCUT2D eigenvalue weighted by atomic mass is 9.85. The molecule has 3 rings (SSSR count). The Hall–Kier alpha value is -0.570. The first kappa shape index (κ1) is 12.5. The van der Waals surface area contributed by atoms with Gasteiger partial charge in [-0.05, 0) is 44.4 Å². The van der Waals surface area contributed by atoms with Gasteiger partial charge in [0.25, 0.3) is 0 Å². The number of carbonyl (C=O) groups is 1. The Balaban J connectivity index is 1.63. The topological polar surface area (TPSA) is 32.3 Å². The molecule has 3 nitrogen and oxygen atoms in total. The van der Waals surface area contributed by atoms with Crippen molar-refractivity contribution in [2.45, 2.75) is 70.5 Å². The molecule has 0 unspecified atom stereocenters. The zero-order chi connectivity index (χ0) is 12.7. The minimum atomic E-state index is 0.117. The second-order valence-electron chi connectivity index (χ2n) is 6.64. The first-order valence-corrected chi connectivity index (χ1v) is 7.73. The van der Waals surface area contributed by atoms with Crippen molar-refractivity contribution in [3.05, 3.63) is 0 Å². The Morgan fingerprint density at radius 1 is 1.17 bits per heavy atom. The van der Waals surface area contributed by atoms with E-state index in [1.165, 1.54) is 32.1 Å². The Morgan fingerprint density at radius 2 is 1.94 bits per heavy atom. The van der Waals surface area contributed by atoms with Crippen LogP contribution in [0.5, 0.6) is 0 Å². The van der Waals surface area contributed by atoms with Crippen molar-refractivity contribution >= 4 is 5.91 Å². The Morgan fingerprint density at radius 3 is 2.61 bits per heavy atom. The predicted molar refractivity (Wildman–Crippen MR) is 72.2 cm³/mol. The number of nitrogens with zero attached hydrogens (tertiary/aromatic N) is 1. The van der Waals surface area contributed by atoms with Crippen LogP contribution >= 0.6 is 0 Å². The molecule has 1 aliphatic carbocycles. The van der Waals surface area contributed by atoms with E-state index < -0.39 is 0 Å². The number of rotatable bonds is 1. The molecule has 18 heavy (non-hydrogen) atoms. The number of amides is 1. The van der Waals surface area contributed by atoms with Crippen LogP contribution in [0.15, 0.2) is 0 Å². The summed E-state index contributed by atoms with van der Waals surface area (Å²) in [7, 11) is 0. The highest BCUT2D eigenvalue weighted by molar-refractivity contribution is 5.83. The number of hydrogen-bond donors (Lipinski definition) is 1. The monoisotopic (exact) mass is 250 g/mol. The minimum Gasteiger partial charge on any atom is -0.338 e. The van der Waals surface area contributed by atoms with E-state index in [0.29, 0.717) is 23.9 Å². The maximum absolute atomic E-state index is 12.6. The van der Waals surface area contributed by atoms with Gasteiger partial charge in [0.15, 0.2) is 0 Å². The summed E-state index contributed by atoms with van der Waals surface area (Å²) in [5.74, 6) is 1.81. The third-order valence-electron chi connectivity index (χ3n) is 5.58. The van der Waals surface area contributed by atoms with Crippen LogP contribution in [0.25, 0.3) is 0 Å². The van der Waals surface area contributed by atoms with Crippen LogP contribution in [0.1, 0.15) is 52.4 Å². The first-order valence-electron chi connectivity index (χ1n) is 7.73. The molecule has 0 radical (unpaired) electrons. The van der Waals surface area contributed by atoms with Gasteiger partial charge in [-0.1, -0.05) is 19.8 Å². The largest absolute Gasteiger partial charge is 0.338 e. The fourth-order valence-electron chi connectivity index (χ4n) is 4.12. The van der Waals surface area contributed by atoms with Gasteiger partial charge in [-0.2, -0.15) is 0 Å². The van der Waals surface area contributed by atoms with Crippen LogP contribution in [0.4, 0.5) is 0 Å². The van der Waals surface area contributed by atoms with Gasteiger partial charge in [0.2, 0.25) is 5.91 Å². The van der Waals surface area contributed by atoms with Crippen molar-refractivity contribution in [1.82, 2.24) is 10.2 Å². The number of fused-ring (bicyclic) bond motifs is 1. The molecule has 0 spiro atoms. The molecule has 3 heteroatoms. The van der Waals surface area contributed by atoms with Gasteiger partial charge in [-0.25, -0.2) is 0 Å². The molecular weight excluding hydrogens is 224 g/mol. The van der Waals surface area contributed by atoms with E-state index in [2.05, 4.69) is 24.1 Å². The van der Waals surface area contributed by atoms with Crippen LogP contribution in [-0.4, -0.2) is 35.5 Å². The van der Waals surface area contributed by atoms with Crippen LogP contribution in [-0.2, 0) is 4.79 Å². The molecule has 0 bridgehead atoms. The number of hydrogen-bond acceptors (Lipinski definition) is 2. The average Bonchev–Trinajstić information content (AvgIpc) is 2.94. The third kappa shape index (κ3) is 2.07. The third-order valence-corrected chi connectivity index (χ3v) is 5.58. The van der Waals surface area contributed by atoms with E-state index in [-0.39, 0.29) is 6.04 Å². The molecule has 1 amide bonds.